The van der Waals surface area contributed by atoms with Crippen molar-refractivity contribution in [2.45, 2.75) is 36.9 Å². The van der Waals surface area contributed by atoms with Crippen molar-refractivity contribution in [1.82, 2.24) is 5.32 Å². The van der Waals surface area contributed by atoms with Gasteiger partial charge in [0.2, 0.25) is 0 Å². The topological polar surface area (TPSA) is 130 Å². The molecule has 0 aromatic heterocycles. The second-order valence-electron chi connectivity index (χ2n) is 3.65. The zero-order valence-electron chi connectivity index (χ0n) is 8.35. The van der Waals surface area contributed by atoms with Gasteiger partial charge in [0.1, 0.15) is 12.2 Å². The SMILES string of the molecule is Cl.O=C(O)C[C@H]1NC[C@@H](O)[C@@H](O)[C@H](O)[C@H]1O. The minimum Gasteiger partial charge on any atom is -0.481 e. The summed E-state index contributed by atoms with van der Waals surface area (Å²) in [5.41, 5.74) is 0. The third kappa shape index (κ3) is 3.55. The van der Waals surface area contributed by atoms with Gasteiger partial charge in [-0.05, 0) is 0 Å². The summed E-state index contributed by atoms with van der Waals surface area (Å²) < 4.78 is 0. The summed E-state index contributed by atoms with van der Waals surface area (Å²) in [6.07, 6.45) is -6.08. The Morgan fingerprint density at radius 3 is 2.19 bits per heavy atom. The molecule has 5 atom stereocenters. The molecule has 1 saturated heterocycles. The first-order valence-corrected chi connectivity index (χ1v) is 4.61. The van der Waals surface area contributed by atoms with Crippen LogP contribution in [0.5, 0.6) is 0 Å². The first-order chi connectivity index (χ1) is 6.93. The highest BCUT2D eigenvalue weighted by Crippen LogP contribution is 2.14. The van der Waals surface area contributed by atoms with Crippen molar-refractivity contribution in [2.75, 3.05) is 6.54 Å². The summed E-state index contributed by atoms with van der Waals surface area (Å²) in [6, 6.07) is -0.885. The summed E-state index contributed by atoms with van der Waals surface area (Å²) in [4.78, 5) is 10.4. The largest absolute Gasteiger partial charge is 0.481 e. The molecule has 1 fully saturated rings. The van der Waals surface area contributed by atoms with E-state index in [2.05, 4.69) is 5.32 Å². The van der Waals surface area contributed by atoms with E-state index in [-0.39, 0.29) is 19.0 Å². The number of aliphatic hydroxyl groups excluding tert-OH is 4. The van der Waals surface area contributed by atoms with Gasteiger partial charge < -0.3 is 30.8 Å². The van der Waals surface area contributed by atoms with Crippen molar-refractivity contribution in [3.63, 3.8) is 0 Å². The first kappa shape index (κ1) is 15.6. The van der Waals surface area contributed by atoms with Crippen LogP contribution in [0.25, 0.3) is 0 Å². The highest BCUT2D eigenvalue weighted by Gasteiger charge is 2.39. The van der Waals surface area contributed by atoms with Crippen LogP contribution in [0.2, 0.25) is 0 Å². The molecule has 16 heavy (non-hydrogen) atoms. The second-order valence-corrected chi connectivity index (χ2v) is 3.65. The summed E-state index contributed by atoms with van der Waals surface area (Å²) >= 11 is 0. The predicted molar refractivity (Wildman–Crippen MR) is 55.3 cm³/mol. The fourth-order valence-electron chi connectivity index (χ4n) is 1.56. The number of aliphatic hydroxyl groups is 4. The Balaban J connectivity index is 0.00000225. The quantitative estimate of drug-likeness (QED) is 0.317. The summed E-state index contributed by atoms with van der Waals surface area (Å²) in [6.45, 7) is -0.0762. The van der Waals surface area contributed by atoms with Crippen molar-refractivity contribution < 1.29 is 30.3 Å². The Labute approximate surface area is 98.1 Å². The molecule has 0 aromatic carbocycles. The predicted octanol–water partition coefficient (Wildman–Crippen LogP) is -2.70. The zero-order valence-corrected chi connectivity index (χ0v) is 9.17. The van der Waals surface area contributed by atoms with Crippen LogP contribution in [0, 0.1) is 0 Å². The van der Waals surface area contributed by atoms with E-state index < -0.39 is 42.8 Å². The average molecular weight is 258 g/mol. The van der Waals surface area contributed by atoms with E-state index in [9.17, 15) is 25.2 Å². The summed E-state index contributed by atoms with van der Waals surface area (Å²) in [5, 5.41) is 48.6. The van der Waals surface area contributed by atoms with Gasteiger partial charge in [-0.2, -0.15) is 0 Å². The van der Waals surface area contributed by atoms with E-state index in [4.69, 9.17) is 5.11 Å². The molecule has 8 heteroatoms. The monoisotopic (exact) mass is 257 g/mol. The molecule has 0 aliphatic carbocycles. The lowest BCUT2D eigenvalue weighted by molar-refractivity contribution is -0.139. The first-order valence-electron chi connectivity index (χ1n) is 4.61. The van der Waals surface area contributed by atoms with Crippen molar-refractivity contribution in [3.05, 3.63) is 0 Å². The number of nitrogens with one attached hydrogen (secondary N) is 1. The molecule has 1 heterocycles. The van der Waals surface area contributed by atoms with Gasteiger partial charge in [0.25, 0.3) is 0 Å². The molecular formula is C8H16ClNO6. The number of hydrogen-bond acceptors (Lipinski definition) is 6. The summed E-state index contributed by atoms with van der Waals surface area (Å²) in [5.74, 6) is -1.13. The standard InChI is InChI=1S/C8H15NO6.ClH/c10-4-2-9-3(1-5(11)12)6(13)8(15)7(4)14;/h3-4,6-10,13-15H,1-2H2,(H,11,12);1H/t3-,4-,6+,7-,8-;/m1./s1. The fourth-order valence-corrected chi connectivity index (χ4v) is 1.56. The molecule has 0 radical (unpaired) electrons. The second kappa shape index (κ2) is 6.33. The third-order valence-electron chi connectivity index (χ3n) is 2.49. The molecule has 0 saturated carbocycles. The van der Waals surface area contributed by atoms with E-state index in [1.807, 2.05) is 0 Å². The van der Waals surface area contributed by atoms with Crippen LogP contribution < -0.4 is 5.32 Å². The van der Waals surface area contributed by atoms with Gasteiger partial charge >= 0.3 is 5.97 Å². The van der Waals surface area contributed by atoms with E-state index in [1.165, 1.54) is 0 Å². The van der Waals surface area contributed by atoms with Crippen LogP contribution in [0.4, 0.5) is 0 Å². The van der Waals surface area contributed by atoms with Gasteiger partial charge in [0.05, 0.1) is 18.6 Å². The lowest BCUT2D eigenvalue weighted by atomic mass is 9.99. The minimum absolute atomic E-state index is 0. The Morgan fingerprint density at radius 1 is 1.12 bits per heavy atom. The van der Waals surface area contributed by atoms with Gasteiger partial charge in [0.15, 0.2) is 0 Å². The van der Waals surface area contributed by atoms with Gasteiger partial charge in [-0.15, -0.1) is 12.4 Å². The molecule has 0 amide bonds. The van der Waals surface area contributed by atoms with Crippen LogP contribution >= 0.6 is 12.4 Å². The van der Waals surface area contributed by atoms with Crippen LogP contribution in [0.15, 0.2) is 0 Å². The van der Waals surface area contributed by atoms with Crippen LogP contribution in [-0.2, 0) is 4.79 Å². The maximum absolute atomic E-state index is 10.4. The highest BCUT2D eigenvalue weighted by molar-refractivity contribution is 5.85. The maximum atomic E-state index is 10.4. The number of carbonyl (C=O) groups is 1. The van der Waals surface area contributed by atoms with E-state index in [0.717, 1.165) is 0 Å². The molecule has 0 aromatic rings. The number of carboxylic acid groups (broad SMARTS) is 1. The molecule has 0 spiro atoms. The van der Waals surface area contributed by atoms with Gasteiger partial charge in [-0.25, -0.2) is 0 Å². The Bertz CT molecular complexity index is 241. The summed E-state index contributed by atoms with van der Waals surface area (Å²) in [7, 11) is 0. The van der Waals surface area contributed by atoms with Crippen molar-refractivity contribution in [1.29, 1.82) is 0 Å². The lowest BCUT2D eigenvalue weighted by Gasteiger charge is -2.25. The molecular weight excluding hydrogens is 242 g/mol. The zero-order chi connectivity index (χ0) is 11.6. The molecule has 1 rings (SSSR count). The maximum Gasteiger partial charge on any atom is 0.305 e. The van der Waals surface area contributed by atoms with Gasteiger partial charge in [-0.1, -0.05) is 0 Å². The highest BCUT2D eigenvalue weighted by atomic mass is 35.5. The Kier molecular flexibility index (Phi) is 6.16. The molecule has 0 bridgehead atoms. The van der Waals surface area contributed by atoms with E-state index in [1.54, 1.807) is 0 Å². The molecule has 1 aliphatic rings. The van der Waals surface area contributed by atoms with E-state index in [0.29, 0.717) is 0 Å². The average Bonchev–Trinajstić information content (AvgIpc) is 2.25. The number of rotatable bonds is 2. The van der Waals surface area contributed by atoms with Crippen LogP contribution in [-0.4, -0.2) is 68.5 Å². The molecule has 7 nitrogen and oxygen atoms in total. The Morgan fingerprint density at radius 2 is 1.69 bits per heavy atom. The van der Waals surface area contributed by atoms with Gasteiger partial charge in [0, 0.05) is 12.6 Å². The third-order valence-corrected chi connectivity index (χ3v) is 2.49. The number of hydrogen-bond donors (Lipinski definition) is 6. The van der Waals surface area contributed by atoms with Crippen molar-refractivity contribution in [2.24, 2.45) is 0 Å². The molecule has 96 valence electrons. The van der Waals surface area contributed by atoms with Gasteiger partial charge in [-0.3, -0.25) is 4.79 Å². The molecule has 1 aliphatic heterocycles. The normalized spacial score (nSPS) is 39.6. The fraction of sp³-hybridized carbons (Fsp3) is 0.875. The van der Waals surface area contributed by atoms with Crippen molar-refractivity contribution >= 4 is 18.4 Å². The smallest absolute Gasteiger partial charge is 0.305 e. The Hall–Kier alpha value is -0.440. The van der Waals surface area contributed by atoms with Crippen molar-refractivity contribution in [3.8, 4) is 0 Å². The number of aliphatic carboxylic acids is 1. The van der Waals surface area contributed by atoms with E-state index >= 15 is 0 Å². The number of β-amino-alcohol motifs (C(OH)–C–C–N with tert-alkyl or cyclic N) is 1. The molecule has 6 N–H and O–H groups in total. The number of halogens is 1. The molecule has 0 unspecified atom stereocenters. The minimum atomic E-state index is -1.56. The van der Waals surface area contributed by atoms with Crippen LogP contribution in [0.1, 0.15) is 6.42 Å². The lowest BCUT2D eigenvalue weighted by Crippen LogP contribution is -2.48. The number of carboxylic acids is 1. The van der Waals surface area contributed by atoms with Crippen LogP contribution in [0.3, 0.4) is 0 Å².